The van der Waals surface area contributed by atoms with E-state index in [0.717, 1.165) is 12.8 Å². The number of carbonyl (C=O) groups is 1. The molecule has 1 aliphatic heterocycles. The molecule has 0 radical (unpaired) electrons. The minimum absolute atomic E-state index is 0.0656. The summed E-state index contributed by atoms with van der Waals surface area (Å²) in [5, 5.41) is 0.152. The van der Waals surface area contributed by atoms with Crippen molar-refractivity contribution in [2.75, 3.05) is 13.2 Å². The highest BCUT2D eigenvalue weighted by molar-refractivity contribution is 6.74. The van der Waals surface area contributed by atoms with Gasteiger partial charge in [0.2, 0.25) is 0 Å². The van der Waals surface area contributed by atoms with E-state index in [0.29, 0.717) is 19.1 Å². The minimum atomic E-state index is -1.87. The Kier molecular flexibility index (Phi) is 6.97. The Morgan fingerprint density at radius 2 is 1.79 bits per heavy atom. The first kappa shape index (κ1) is 22.9. The summed E-state index contributed by atoms with van der Waals surface area (Å²) >= 11 is 0. The molecule has 1 fully saturated rings. The minimum Gasteiger partial charge on any atom is -0.444 e. The molecule has 1 amide bonds. The summed E-state index contributed by atoms with van der Waals surface area (Å²) in [5.74, 6) is 0.405. The van der Waals surface area contributed by atoms with Crippen LogP contribution in [0.1, 0.15) is 53.5 Å². The number of amides is 1. The van der Waals surface area contributed by atoms with E-state index in [2.05, 4.69) is 51.0 Å². The van der Waals surface area contributed by atoms with Crippen LogP contribution in [0.3, 0.4) is 0 Å². The third kappa shape index (κ3) is 6.31. The van der Waals surface area contributed by atoms with Crippen LogP contribution < -0.4 is 0 Å². The van der Waals surface area contributed by atoms with E-state index in [1.807, 2.05) is 38.1 Å². The molecular formula is C22H38N2O3Si. The summed E-state index contributed by atoms with van der Waals surface area (Å²) in [7, 11) is -1.87. The Morgan fingerprint density at radius 1 is 1.18 bits per heavy atom. The maximum absolute atomic E-state index is 12.8. The van der Waals surface area contributed by atoms with Gasteiger partial charge in [-0.2, -0.15) is 0 Å². The number of aromatic nitrogens is 1. The van der Waals surface area contributed by atoms with E-state index in [4.69, 9.17) is 9.16 Å². The SMILES string of the molecule is CC(C)(C)OC(=O)N1C[C@H](Cc2ccncc2)C[C@@H]1CO[Si](C)(C)C(C)(C)C. The lowest BCUT2D eigenvalue weighted by molar-refractivity contribution is 0.0178. The third-order valence-electron chi connectivity index (χ3n) is 5.85. The van der Waals surface area contributed by atoms with Crippen LogP contribution in [0.15, 0.2) is 24.5 Å². The second-order valence-electron chi connectivity index (χ2n) is 10.5. The summed E-state index contributed by atoms with van der Waals surface area (Å²) < 4.78 is 12.1. The molecule has 1 aromatic rings. The van der Waals surface area contributed by atoms with Crippen molar-refractivity contribution in [2.24, 2.45) is 5.92 Å². The van der Waals surface area contributed by atoms with Gasteiger partial charge in [-0.3, -0.25) is 4.98 Å². The second kappa shape index (κ2) is 8.53. The van der Waals surface area contributed by atoms with Crippen molar-refractivity contribution >= 4 is 14.4 Å². The van der Waals surface area contributed by atoms with E-state index < -0.39 is 13.9 Å². The molecule has 0 spiro atoms. The topological polar surface area (TPSA) is 51.7 Å². The normalized spacial score (nSPS) is 21.1. The van der Waals surface area contributed by atoms with Gasteiger partial charge in [-0.15, -0.1) is 0 Å². The van der Waals surface area contributed by atoms with Crippen molar-refractivity contribution in [1.82, 2.24) is 9.88 Å². The van der Waals surface area contributed by atoms with Gasteiger partial charge < -0.3 is 14.1 Å². The van der Waals surface area contributed by atoms with Crippen LogP contribution in [0.25, 0.3) is 0 Å². The van der Waals surface area contributed by atoms with Crippen LogP contribution in [-0.2, 0) is 15.6 Å². The molecule has 1 aromatic heterocycles. The van der Waals surface area contributed by atoms with Gasteiger partial charge in [-0.25, -0.2) is 4.79 Å². The Hall–Kier alpha value is -1.40. The van der Waals surface area contributed by atoms with E-state index in [-0.39, 0.29) is 17.2 Å². The monoisotopic (exact) mass is 406 g/mol. The maximum atomic E-state index is 12.8. The first-order valence-electron chi connectivity index (χ1n) is 10.3. The molecule has 0 bridgehead atoms. The van der Waals surface area contributed by atoms with Gasteiger partial charge in [0.1, 0.15) is 5.60 Å². The first-order chi connectivity index (χ1) is 12.8. The molecule has 28 heavy (non-hydrogen) atoms. The van der Waals surface area contributed by atoms with Crippen LogP contribution >= 0.6 is 0 Å². The molecule has 2 heterocycles. The maximum Gasteiger partial charge on any atom is 0.410 e. The van der Waals surface area contributed by atoms with Crippen molar-refractivity contribution in [3.63, 3.8) is 0 Å². The van der Waals surface area contributed by atoms with Crippen molar-refractivity contribution in [3.05, 3.63) is 30.1 Å². The average Bonchev–Trinajstić information content (AvgIpc) is 2.94. The van der Waals surface area contributed by atoms with Gasteiger partial charge in [-0.05, 0) is 75.4 Å². The number of rotatable bonds is 5. The number of likely N-dealkylation sites (tertiary alicyclic amines) is 1. The van der Waals surface area contributed by atoms with E-state index in [1.165, 1.54) is 5.56 Å². The van der Waals surface area contributed by atoms with Crippen molar-refractivity contribution in [1.29, 1.82) is 0 Å². The van der Waals surface area contributed by atoms with Crippen LogP contribution in [0.5, 0.6) is 0 Å². The predicted molar refractivity (Wildman–Crippen MR) is 116 cm³/mol. The molecular weight excluding hydrogens is 368 g/mol. The third-order valence-corrected chi connectivity index (χ3v) is 10.3. The van der Waals surface area contributed by atoms with Crippen LogP contribution in [-0.4, -0.2) is 49.1 Å². The Balaban J connectivity index is 2.10. The highest BCUT2D eigenvalue weighted by Crippen LogP contribution is 2.37. The molecule has 6 heteroatoms. The van der Waals surface area contributed by atoms with Gasteiger partial charge in [0.15, 0.2) is 8.32 Å². The quantitative estimate of drug-likeness (QED) is 0.625. The number of hydrogen-bond acceptors (Lipinski definition) is 4. The number of hydrogen-bond donors (Lipinski definition) is 0. The van der Waals surface area contributed by atoms with Gasteiger partial charge in [0.05, 0.1) is 12.6 Å². The lowest BCUT2D eigenvalue weighted by Crippen LogP contribution is -2.46. The molecule has 1 saturated heterocycles. The van der Waals surface area contributed by atoms with Crippen LogP contribution in [0.4, 0.5) is 4.79 Å². The summed E-state index contributed by atoms with van der Waals surface area (Å²) in [6.07, 6.45) is 5.31. The van der Waals surface area contributed by atoms with Crippen molar-refractivity contribution in [3.8, 4) is 0 Å². The molecule has 0 unspecified atom stereocenters. The fourth-order valence-corrected chi connectivity index (χ4v) is 4.28. The van der Waals surface area contributed by atoms with E-state index in [1.54, 1.807) is 0 Å². The van der Waals surface area contributed by atoms with Crippen LogP contribution in [0, 0.1) is 5.92 Å². The number of carbonyl (C=O) groups excluding carboxylic acids is 1. The fourth-order valence-electron chi connectivity index (χ4n) is 3.24. The van der Waals surface area contributed by atoms with Crippen molar-refractivity contribution in [2.45, 2.75) is 84.2 Å². The zero-order valence-corrected chi connectivity index (χ0v) is 19.9. The molecule has 5 nitrogen and oxygen atoms in total. The van der Waals surface area contributed by atoms with Gasteiger partial charge in [0, 0.05) is 18.9 Å². The summed E-state index contributed by atoms with van der Waals surface area (Å²) in [5.41, 5.74) is 0.764. The Bertz CT molecular complexity index is 650. The molecule has 0 aliphatic carbocycles. The lowest BCUT2D eigenvalue weighted by atomic mass is 9.97. The van der Waals surface area contributed by atoms with E-state index >= 15 is 0 Å². The lowest BCUT2D eigenvalue weighted by Gasteiger charge is -2.38. The molecule has 158 valence electrons. The standard InChI is InChI=1S/C22H38N2O3Si/c1-21(2,3)27-20(25)24-15-18(13-17-9-11-23-12-10-17)14-19(24)16-26-28(7,8)22(4,5)6/h9-12,18-19H,13-16H2,1-8H3/t18-,19-/m1/s1. The number of ether oxygens (including phenoxy) is 1. The van der Waals surface area contributed by atoms with Gasteiger partial charge >= 0.3 is 6.09 Å². The zero-order chi connectivity index (χ0) is 21.2. The smallest absolute Gasteiger partial charge is 0.410 e. The number of nitrogens with zero attached hydrogens (tertiary/aromatic N) is 2. The summed E-state index contributed by atoms with van der Waals surface area (Å²) in [6.45, 7) is 18.3. The largest absolute Gasteiger partial charge is 0.444 e. The van der Waals surface area contributed by atoms with Crippen molar-refractivity contribution < 1.29 is 14.0 Å². The molecule has 1 aliphatic rings. The van der Waals surface area contributed by atoms with Gasteiger partial charge in [0.25, 0.3) is 0 Å². The molecule has 0 N–H and O–H groups in total. The predicted octanol–water partition coefficient (Wildman–Crippen LogP) is 5.27. The first-order valence-corrected chi connectivity index (χ1v) is 13.2. The molecule has 0 aromatic carbocycles. The Labute approximate surface area is 172 Å². The van der Waals surface area contributed by atoms with Gasteiger partial charge in [-0.1, -0.05) is 20.8 Å². The highest BCUT2D eigenvalue weighted by Gasteiger charge is 2.41. The number of pyridine rings is 1. The average molecular weight is 407 g/mol. The molecule has 2 rings (SSSR count). The summed E-state index contributed by atoms with van der Waals surface area (Å²) in [6, 6.07) is 4.17. The molecule has 0 saturated carbocycles. The fraction of sp³-hybridized carbons (Fsp3) is 0.727. The zero-order valence-electron chi connectivity index (χ0n) is 18.9. The van der Waals surface area contributed by atoms with Crippen LogP contribution in [0.2, 0.25) is 18.1 Å². The Morgan fingerprint density at radius 3 is 2.32 bits per heavy atom. The summed E-state index contributed by atoms with van der Waals surface area (Å²) in [4.78, 5) is 18.8. The van der Waals surface area contributed by atoms with E-state index in [9.17, 15) is 4.79 Å². The second-order valence-corrected chi connectivity index (χ2v) is 15.3. The molecule has 2 atom stereocenters. The highest BCUT2D eigenvalue weighted by atomic mass is 28.4.